The zero-order valence-electron chi connectivity index (χ0n) is 17.9. The van der Waals surface area contributed by atoms with Gasteiger partial charge in [0.2, 0.25) is 5.91 Å². The largest absolute Gasteiger partial charge is 0.490 e. The first-order chi connectivity index (χ1) is 15.8. The second-order valence-corrected chi connectivity index (χ2v) is 8.35. The number of nitrogens with one attached hydrogen (secondary N) is 2. The molecule has 2 aromatic carbocycles. The molecule has 172 valence electrons. The highest BCUT2D eigenvalue weighted by molar-refractivity contribution is 6.03. The predicted octanol–water partition coefficient (Wildman–Crippen LogP) is 6.29. The number of aromatic nitrogens is 1. The van der Waals surface area contributed by atoms with E-state index in [-0.39, 0.29) is 17.7 Å². The SMILES string of the molecule is FC(F)(F)c1ccccc1.N#CC1CCC1C(=O)Nc1c[nH]c2ccc(OC3CCC3)cc12. The van der Waals surface area contributed by atoms with E-state index >= 15 is 0 Å². The van der Waals surface area contributed by atoms with Crippen LogP contribution in [-0.2, 0) is 11.0 Å². The number of anilines is 1. The van der Waals surface area contributed by atoms with Gasteiger partial charge in [-0.15, -0.1) is 0 Å². The number of rotatable bonds is 4. The van der Waals surface area contributed by atoms with Gasteiger partial charge in [0.15, 0.2) is 0 Å². The Morgan fingerprint density at radius 1 is 1.09 bits per heavy atom. The number of hydrogen-bond acceptors (Lipinski definition) is 3. The van der Waals surface area contributed by atoms with Crippen molar-refractivity contribution >= 4 is 22.5 Å². The van der Waals surface area contributed by atoms with E-state index in [1.165, 1.54) is 18.6 Å². The number of carbonyl (C=O) groups excluding carboxylic acids is 1. The molecule has 0 spiro atoms. The third-order valence-corrected chi connectivity index (χ3v) is 6.14. The number of halogens is 3. The summed E-state index contributed by atoms with van der Waals surface area (Å²) in [4.78, 5) is 15.5. The molecule has 2 fully saturated rings. The molecule has 2 aliphatic rings. The van der Waals surface area contributed by atoms with Gasteiger partial charge in [0.25, 0.3) is 0 Å². The van der Waals surface area contributed by atoms with Gasteiger partial charge in [-0.3, -0.25) is 4.79 Å². The van der Waals surface area contributed by atoms with Gasteiger partial charge in [-0.2, -0.15) is 18.4 Å². The number of nitrogens with zero attached hydrogens (tertiary/aromatic N) is 1. The van der Waals surface area contributed by atoms with Gasteiger partial charge < -0.3 is 15.0 Å². The maximum absolute atomic E-state index is 12.3. The average molecular weight is 455 g/mol. The number of alkyl halides is 3. The number of hydrogen-bond donors (Lipinski definition) is 2. The summed E-state index contributed by atoms with van der Waals surface area (Å²) in [6, 6.07) is 14.5. The van der Waals surface area contributed by atoms with E-state index in [9.17, 15) is 18.0 Å². The van der Waals surface area contributed by atoms with Crippen molar-refractivity contribution < 1.29 is 22.7 Å². The van der Waals surface area contributed by atoms with Crippen LogP contribution in [0.15, 0.2) is 54.7 Å². The topological polar surface area (TPSA) is 77.9 Å². The Labute approximate surface area is 189 Å². The lowest BCUT2D eigenvalue weighted by atomic mass is 9.74. The first-order valence-corrected chi connectivity index (χ1v) is 11.0. The van der Waals surface area contributed by atoms with E-state index in [1.54, 1.807) is 12.3 Å². The minimum Gasteiger partial charge on any atom is -0.490 e. The van der Waals surface area contributed by atoms with Crippen molar-refractivity contribution in [2.75, 3.05) is 5.32 Å². The molecule has 0 aliphatic heterocycles. The van der Waals surface area contributed by atoms with Crippen molar-refractivity contribution in [3.63, 3.8) is 0 Å². The fraction of sp³-hybridized carbons (Fsp3) is 0.360. The van der Waals surface area contributed by atoms with Gasteiger partial charge in [-0.25, -0.2) is 0 Å². The number of carbonyl (C=O) groups is 1. The number of fused-ring (bicyclic) bond motifs is 1. The number of nitriles is 1. The minimum absolute atomic E-state index is 0.0611. The standard InChI is InChI=1S/C18H19N3O2.C7H5F3/c19-9-11-4-6-14(11)18(22)21-17-10-20-16-7-5-13(8-15(16)17)23-12-2-1-3-12;8-7(9,10)6-4-2-1-3-5-6/h5,7-8,10-12,14,20H,1-4,6H2,(H,21,22);1-5H. The number of benzene rings is 2. The quantitative estimate of drug-likeness (QED) is 0.485. The molecule has 2 atom stereocenters. The van der Waals surface area contributed by atoms with E-state index in [0.717, 1.165) is 60.2 Å². The highest BCUT2D eigenvalue weighted by Crippen LogP contribution is 2.36. The molecule has 2 saturated carbocycles. The molecule has 2 N–H and O–H groups in total. The summed E-state index contributed by atoms with van der Waals surface area (Å²) < 4.78 is 41.3. The van der Waals surface area contributed by atoms with Crippen LogP contribution >= 0.6 is 0 Å². The van der Waals surface area contributed by atoms with Crippen molar-refractivity contribution in [1.29, 1.82) is 5.26 Å². The highest BCUT2D eigenvalue weighted by Gasteiger charge is 2.36. The van der Waals surface area contributed by atoms with Crippen LogP contribution in [0.4, 0.5) is 18.9 Å². The smallest absolute Gasteiger partial charge is 0.416 e. The van der Waals surface area contributed by atoms with E-state index in [4.69, 9.17) is 10.00 Å². The van der Waals surface area contributed by atoms with Crippen LogP contribution in [-0.4, -0.2) is 17.0 Å². The van der Waals surface area contributed by atoms with Crippen LogP contribution in [0.3, 0.4) is 0 Å². The molecule has 5 nitrogen and oxygen atoms in total. The molecule has 1 amide bonds. The third-order valence-electron chi connectivity index (χ3n) is 6.14. The van der Waals surface area contributed by atoms with E-state index in [1.807, 2.05) is 18.2 Å². The second-order valence-electron chi connectivity index (χ2n) is 8.35. The molecular weight excluding hydrogens is 431 g/mol. The predicted molar refractivity (Wildman–Crippen MR) is 118 cm³/mol. The minimum atomic E-state index is -4.21. The molecule has 8 heteroatoms. The summed E-state index contributed by atoms with van der Waals surface area (Å²) in [5.41, 5.74) is 1.12. The Bertz CT molecular complexity index is 1150. The Balaban J connectivity index is 0.000000219. The molecule has 1 aromatic heterocycles. The summed E-state index contributed by atoms with van der Waals surface area (Å²) in [6.45, 7) is 0. The molecule has 0 radical (unpaired) electrons. The maximum atomic E-state index is 12.3. The number of ether oxygens (including phenoxy) is 1. The molecular formula is C25H24F3N3O2. The lowest BCUT2D eigenvalue weighted by Gasteiger charge is -2.29. The summed E-state index contributed by atoms with van der Waals surface area (Å²) in [6.07, 6.45) is 3.01. The van der Waals surface area contributed by atoms with E-state index < -0.39 is 11.7 Å². The second kappa shape index (κ2) is 9.57. The van der Waals surface area contributed by atoms with E-state index in [0.29, 0.717) is 6.10 Å². The molecule has 33 heavy (non-hydrogen) atoms. The van der Waals surface area contributed by atoms with Gasteiger partial charge in [-0.1, -0.05) is 30.3 Å². The van der Waals surface area contributed by atoms with Crippen LogP contribution in [0.25, 0.3) is 10.9 Å². The number of aromatic amines is 1. The summed E-state index contributed by atoms with van der Waals surface area (Å²) in [5, 5.41) is 12.9. The lowest BCUT2D eigenvalue weighted by molar-refractivity contribution is -0.137. The number of amides is 1. The van der Waals surface area contributed by atoms with Crippen molar-refractivity contribution in [2.45, 2.75) is 44.4 Å². The van der Waals surface area contributed by atoms with Gasteiger partial charge in [-0.05, 0) is 50.3 Å². The van der Waals surface area contributed by atoms with Gasteiger partial charge in [0, 0.05) is 17.1 Å². The third kappa shape index (κ3) is 5.30. The molecule has 2 aliphatic carbocycles. The molecule has 2 unspecified atom stereocenters. The monoisotopic (exact) mass is 455 g/mol. The van der Waals surface area contributed by atoms with Crippen molar-refractivity contribution in [3.8, 4) is 11.8 Å². The van der Waals surface area contributed by atoms with Gasteiger partial charge >= 0.3 is 6.18 Å². The summed E-state index contributed by atoms with van der Waals surface area (Å²) in [5.74, 6) is 0.460. The fourth-order valence-corrected chi connectivity index (χ4v) is 3.78. The van der Waals surface area contributed by atoms with E-state index in [2.05, 4.69) is 16.4 Å². The van der Waals surface area contributed by atoms with Crippen LogP contribution in [0.1, 0.15) is 37.7 Å². The van der Waals surface area contributed by atoms with Gasteiger partial charge in [0.05, 0.1) is 35.3 Å². The van der Waals surface area contributed by atoms with Crippen LogP contribution < -0.4 is 10.1 Å². The van der Waals surface area contributed by atoms with Crippen LogP contribution in [0, 0.1) is 23.2 Å². The molecule has 1 heterocycles. The lowest BCUT2D eigenvalue weighted by Crippen LogP contribution is -2.35. The number of H-pyrrole nitrogens is 1. The highest BCUT2D eigenvalue weighted by atomic mass is 19.4. The Kier molecular flexibility index (Phi) is 6.59. The maximum Gasteiger partial charge on any atom is 0.416 e. The zero-order valence-corrected chi connectivity index (χ0v) is 17.9. The summed E-state index contributed by atoms with van der Waals surface area (Å²) >= 11 is 0. The Morgan fingerprint density at radius 2 is 1.85 bits per heavy atom. The normalized spacial score (nSPS) is 19.9. The molecule has 5 rings (SSSR count). The van der Waals surface area contributed by atoms with Crippen LogP contribution in [0.2, 0.25) is 0 Å². The van der Waals surface area contributed by atoms with Crippen molar-refractivity contribution in [2.24, 2.45) is 11.8 Å². The molecule has 0 bridgehead atoms. The molecule has 3 aromatic rings. The van der Waals surface area contributed by atoms with Crippen LogP contribution in [0.5, 0.6) is 5.75 Å². The first kappa shape index (κ1) is 22.7. The Hall–Kier alpha value is -3.47. The van der Waals surface area contributed by atoms with Crippen molar-refractivity contribution in [1.82, 2.24) is 4.98 Å². The average Bonchev–Trinajstić information content (AvgIpc) is 3.13. The van der Waals surface area contributed by atoms with Gasteiger partial charge in [0.1, 0.15) is 5.75 Å². The Morgan fingerprint density at radius 3 is 2.39 bits per heavy atom. The summed E-state index contributed by atoms with van der Waals surface area (Å²) in [7, 11) is 0. The fourth-order valence-electron chi connectivity index (χ4n) is 3.78. The zero-order chi connectivity index (χ0) is 23.4. The van der Waals surface area contributed by atoms with Crippen molar-refractivity contribution in [3.05, 3.63) is 60.3 Å². The first-order valence-electron chi connectivity index (χ1n) is 11.0. The molecule has 0 saturated heterocycles.